The molecule has 0 saturated heterocycles. The number of fused-ring (bicyclic) bond motifs is 1. The number of halogens is 5. The number of nitrogens with one attached hydrogen (secondary N) is 1. The van der Waals surface area contributed by atoms with Crippen LogP contribution in [0.1, 0.15) is 5.56 Å². The molecular weight excluding hydrogens is 344 g/mol. The summed E-state index contributed by atoms with van der Waals surface area (Å²) in [5.74, 6) is -0.777. The van der Waals surface area contributed by atoms with E-state index in [2.05, 4.69) is 10.3 Å². The third-order valence-corrected chi connectivity index (χ3v) is 3.91. The van der Waals surface area contributed by atoms with Gasteiger partial charge in [-0.05, 0) is 30.3 Å². The van der Waals surface area contributed by atoms with Crippen molar-refractivity contribution in [1.29, 1.82) is 0 Å². The number of hydrogen-bond acceptors (Lipinski definition) is 2. The fourth-order valence-electron chi connectivity index (χ4n) is 2.52. The predicted molar refractivity (Wildman–Crippen MR) is 86.7 cm³/mol. The summed E-state index contributed by atoms with van der Waals surface area (Å²) < 4.78 is 53.5. The standard InChI is InChI=1S/C17H11ClF4N2/c1-23-14-7-9-3-2-4-13(18)15(9)24-16(14)11-8-10(19)5-6-12(11)17(20,21)22/h2-8,23H,1H3. The molecule has 0 fully saturated rings. The zero-order valence-electron chi connectivity index (χ0n) is 12.4. The Kier molecular flexibility index (Phi) is 4.09. The van der Waals surface area contributed by atoms with Gasteiger partial charge in [0.15, 0.2) is 0 Å². The van der Waals surface area contributed by atoms with Gasteiger partial charge >= 0.3 is 6.18 Å². The van der Waals surface area contributed by atoms with Gasteiger partial charge in [-0.25, -0.2) is 9.37 Å². The van der Waals surface area contributed by atoms with Crippen LogP contribution < -0.4 is 5.32 Å². The Balaban J connectivity index is 2.37. The first-order valence-electron chi connectivity index (χ1n) is 6.95. The van der Waals surface area contributed by atoms with Crippen molar-refractivity contribution < 1.29 is 17.6 Å². The van der Waals surface area contributed by atoms with Crippen LogP contribution in [0.2, 0.25) is 5.02 Å². The van der Waals surface area contributed by atoms with Crippen LogP contribution in [0.3, 0.4) is 0 Å². The van der Waals surface area contributed by atoms with Gasteiger partial charge in [-0.1, -0.05) is 23.7 Å². The Labute approximate surface area is 140 Å². The molecule has 2 aromatic carbocycles. The average molecular weight is 355 g/mol. The number of para-hydroxylation sites is 1. The maximum absolute atomic E-state index is 13.6. The Bertz CT molecular complexity index is 922. The van der Waals surface area contributed by atoms with Crippen LogP contribution in [-0.4, -0.2) is 12.0 Å². The highest BCUT2D eigenvalue weighted by Crippen LogP contribution is 2.40. The molecule has 3 aromatic rings. The Morgan fingerprint density at radius 3 is 2.50 bits per heavy atom. The van der Waals surface area contributed by atoms with Crippen LogP contribution in [0.25, 0.3) is 22.2 Å². The maximum Gasteiger partial charge on any atom is 0.417 e. The quantitative estimate of drug-likeness (QED) is 0.592. The van der Waals surface area contributed by atoms with Gasteiger partial charge in [0.1, 0.15) is 5.82 Å². The summed E-state index contributed by atoms with van der Waals surface area (Å²) in [6.45, 7) is 0. The van der Waals surface area contributed by atoms with Gasteiger partial charge in [0.05, 0.1) is 27.5 Å². The van der Waals surface area contributed by atoms with E-state index in [9.17, 15) is 17.6 Å². The fraction of sp³-hybridized carbons (Fsp3) is 0.118. The number of anilines is 1. The molecule has 7 heteroatoms. The van der Waals surface area contributed by atoms with Gasteiger partial charge in [-0.15, -0.1) is 0 Å². The first kappa shape index (κ1) is 16.5. The number of benzene rings is 2. The van der Waals surface area contributed by atoms with Crippen molar-refractivity contribution in [3.63, 3.8) is 0 Å². The van der Waals surface area contributed by atoms with E-state index in [0.29, 0.717) is 27.7 Å². The first-order valence-corrected chi connectivity index (χ1v) is 7.33. The van der Waals surface area contributed by atoms with Crippen molar-refractivity contribution >= 4 is 28.2 Å². The van der Waals surface area contributed by atoms with Gasteiger partial charge in [-0.3, -0.25) is 0 Å². The van der Waals surface area contributed by atoms with Crippen molar-refractivity contribution in [2.24, 2.45) is 0 Å². The Morgan fingerprint density at radius 1 is 1.08 bits per heavy atom. The lowest BCUT2D eigenvalue weighted by Crippen LogP contribution is -2.09. The lowest BCUT2D eigenvalue weighted by atomic mass is 10.0. The van der Waals surface area contributed by atoms with E-state index in [1.54, 1.807) is 31.3 Å². The summed E-state index contributed by atoms with van der Waals surface area (Å²) in [7, 11) is 1.56. The molecule has 1 N–H and O–H groups in total. The van der Waals surface area contributed by atoms with Crippen molar-refractivity contribution in [1.82, 2.24) is 4.98 Å². The molecule has 0 amide bonds. The van der Waals surface area contributed by atoms with Crippen LogP contribution in [0.15, 0.2) is 42.5 Å². The molecule has 2 nitrogen and oxygen atoms in total. The fourth-order valence-corrected chi connectivity index (χ4v) is 2.74. The van der Waals surface area contributed by atoms with Crippen LogP contribution in [0, 0.1) is 5.82 Å². The molecule has 3 rings (SSSR count). The van der Waals surface area contributed by atoms with E-state index >= 15 is 0 Å². The molecular formula is C17H11ClF4N2. The second kappa shape index (κ2) is 5.94. The van der Waals surface area contributed by atoms with Gasteiger partial charge < -0.3 is 5.32 Å². The van der Waals surface area contributed by atoms with Crippen LogP contribution >= 0.6 is 11.6 Å². The van der Waals surface area contributed by atoms with E-state index in [0.717, 1.165) is 12.1 Å². The van der Waals surface area contributed by atoms with E-state index < -0.39 is 17.6 Å². The van der Waals surface area contributed by atoms with E-state index in [1.165, 1.54) is 0 Å². The molecule has 1 aromatic heterocycles. The van der Waals surface area contributed by atoms with Gasteiger partial charge in [0.25, 0.3) is 0 Å². The summed E-state index contributed by atoms with van der Waals surface area (Å²) in [5.41, 5.74) is -0.607. The zero-order chi connectivity index (χ0) is 17.5. The third kappa shape index (κ3) is 2.89. The molecule has 0 bridgehead atoms. The topological polar surface area (TPSA) is 24.9 Å². The van der Waals surface area contributed by atoms with Crippen molar-refractivity contribution in [3.8, 4) is 11.3 Å². The number of pyridine rings is 1. The summed E-state index contributed by atoms with van der Waals surface area (Å²) in [6.07, 6.45) is -4.63. The third-order valence-electron chi connectivity index (χ3n) is 3.61. The lowest BCUT2D eigenvalue weighted by Gasteiger charge is -2.16. The van der Waals surface area contributed by atoms with Gasteiger partial charge in [0, 0.05) is 18.0 Å². The Morgan fingerprint density at radius 2 is 1.83 bits per heavy atom. The average Bonchev–Trinajstić information content (AvgIpc) is 2.53. The summed E-state index contributed by atoms with van der Waals surface area (Å²) >= 11 is 6.09. The normalized spacial score (nSPS) is 11.8. The van der Waals surface area contributed by atoms with E-state index in [4.69, 9.17) is 11.6 Å². The monoisotopic (exact) mass is 354 g/mol. The number of nitrogens with zero attached hydrogens (tertiary/aromatic N) is 1. The second-order valence-electron chi connectivity index (χ2n) is 5.13. The number of hydrogen-bond donors (Lipinski definition) is 1. The SMILES string of the molecule is CNc1cc2cccc(Cl)c2nc1-c1cc(F)ccc1C(F)(F)F. The largest absolute Gasteiger partial charge is 0.417 e. The highest BCUT2D eigenvalue weighted by molar-refractivity contribution is 6.35. The smallest absolute Gasteiger partial charge is 0.386 e. The highest BCUT2D eigenvalue weighted by atomic mass is 35.5. The number of alkyl halides is 3. The molecule has 0 radical (unpaired) electrons. The van der Waals surface area contributed by atoms with Crippen molar-refractivity contribution in [2.45, 2.75) is 6.18 Å². The van der Waals surface area contributed by atoms with Crippen molar-refractivity contribution in [3.05, 3.63) is 58.9 Å². The van der Waals surface area contributed by atoms with Crippen LogP contribution in [0.4, 0.5) is 23.2 Å². The second-order valence-corrected chi connectivity index (χ2v) is 5.54. The molecule has 0 aliphatic carbocycles. The highest BCUT2D eigenvalue weighted by Gasteiger charge is 2.34. The molecule has 0 saturated carbocycles. The van der Waals surface area contributed by atoms with Crippen LogP contribution in [0.5, 0.6) is 0 Å². The predicted octanol–water partition coefficient (Wildman–Crippen LogP) is 5.75. The summed E-state index contributed by atoms with van der Waals surface area (Å²) in [5, 5.41) is 3.78. The summed E-state index contributed by atoms with van der Waals surface area (Å²) in [4.78, 5) is 4.27. The molecule has 1 heterocycles. The van der Waals surface area contributed by atoms with Crippen molar-refractivity contribution in [2.75, 3.05) is 12.4 Å². The zero-order valence-corrected chi connectivity index (χ0v) is 13.1. The minimum atomic E-state index is -4.63. The van der Waals surface area contributed by atoms with Crippen LogP contribution in [-0.2, 0) is 6.18 Å². The molecule has 0 aliphatic heterocycles. The molecule has 24 heavy (non-hydrogen) atoms. The maximum atomic E-state index is 13.6. The first-order chi connectivity index (χ1) is 11.3. The molecule has 0 spiro atoms. The van der Waals surface area contributed by atoms with Gasteiger partial charge in [-0.2, -0.15) is 13.2 Å². The molecule has 0 aliphatic rings. The molecule has 0 atom stereocenters. The molecule has 0 unspecified atom stereocenters. The minimum absolute atomic E-state index is 0.00933. The van der Waals surface area contributed by atoms with E-state index in [1.807, 2.05) is 0 Å². The lowest BCUT2D eigenvalue weighted by molar-refractivity contribution is -0.137. The number of rotatable bonds is 2. The Hall–Kier alpha value is -2.34. The minimum Gasteiger partial charge on any atom is -0.386 e. The molecule has 124 valence electrons. The van der Waals surface area contributed by atoms with E-state index in [-0.39, 0.29) is 11.3 Å². The van der Waals surface area contributed by atoms with Gasteiger partial charge in [0.2, 0.25) is 0 Å². The number of aromatic nitrogens is 1. The summed E-state index contributed by atoms with van der Waals surface area (Å²) in [6, 6.07) is 9.01.